The molecule has 1 N–H and O–H groups in total. The smallest absolute Gasteiger partial charge is 0.137 e. The highest BCUT2D eigenvalue weighted by molar-refractivity contribution is 9.10. The van der Waals surface area contributed by atoms with Crippen LogP contribution in [0.5, 0.6) is 0 Å². The Kier molecular flexibility index (Phi) is 4.60. The summed E-state index contributed by atoms with van der Waals surface area (Å²) in [5.74, 6) is -0.246. The summed E-state index contributed by atoms with van der Waals surface area (Å²) in [5.41, 5.74) is 2.07. The third-order valence-corrected chi connectivity index (χ3v) is 3.76. The maximum atomic E-state index is 13.5. The van der Waals surface area contributed by atoms with Crippen molar-refractivity contribution in [2.24, 2.45) is 0 Å². The average Bonchev–Trinajstić information content (AvgIpc) is 2.80. The lowest BCUT2D eigenvalue weighted by Crippen LogP contribution is -2.34. The number of hydrogen-bond acceptors (Lipinski definition) is 2. The van der Waals surface area contributed by atoms with E-state index in [9.17, 15) is 4.39 Å². The van der Waals surface area contributed by atoms with Gasteiger partial charge in [-0.25, -0.2) is 4.39 Å². The van der Waals surface area contributed by atoms with Crippen LogP contribution in [0.15, 0.2) is 35.1 Å². The van der Waals surface area contributed by atoms with E-state index in [0.717, 1.165) is 17.7 Å². The third kappa shape index (κ3) is 4.15. The first-order chi connectivity index (χ1) is 9.35. The quantitative estimate of drug-likeness (QED) is 0.919. The Morgan fingerprint density at radius 2 is 2.10 bits per heavy atom. The molecular weight excluding hydrogens is 321 g/mol. The summed E-state index contributed by atoms with van der Waals surface area (Å²) in [6.45, 7) is 7.70. The highest BCUT2D eigenvalue weighted by Crippen LogP contribution is 2.21. The summed E-state index contributed by atoms with van der Waals surface area (Å²) in [5, 5.41) is 7.73. The molecule has 1 aromatic carbocycles. The first-order valence-corrected chi connectivity index (χ1v) is 7.34. The molecule has 2 aromatic rings. The molecule has 1 aromatic heterocycles. The number of nitrogens with one attached hydrogen (secondary N) is 1. The van der Waals surface area contributed by atoms with Gasteiger partial charge >= 0.3 is 0 Å². The number of benzene rings is 1. The summed E-state index contributed by atoms with van der Waals surface area (Å²) in [6.07, 6.45) is 3.82. The van der Waals surface area contributed by atoms with Gasteiger partial charge in [-0.1, -0.05) is 12.1 Å². The fourth-order valence-electron chi connectivity index (χ4n) is 1.80. The van der Waals surface area contributed by atoms with Gasteiger partial charge in [-0.2, -0.15) is 5.10 Å². The summed E-state index contributed by atoms with van der Waals surface area (Å²) in [4.78, 5) is 0. The molecule has 0 saturated heterocycles. The lowest BCUT2D eigenvalue weighted by Gasteiger charge is -2.19. The van der Waals surface area contributed by atoms with Crippen molar-refractivity contribution in [3.8, 4) is 0 Å². The summed E-state index contributed by atoms with van der Waals surface area (Å²) in [6, 6.07) is 5.04. The highest BCUT2D eigenvalue weighted by atomic mass is 79.9. The van der Waals surface area contributed by atoms with Gasteiger partial charge in [0.1, 0.15) is 5.82 Å². The van der Waals surface area contributed by atoms with Crippen LogP contribution in [0.25, 0.3) is 0 Å². The van der Waals surface area contributed by atoms with Crippen molar-refractivity contribution in [3.63, 3.8) is 0 Å². The van der Waals surface area contributed by atoms with Gasteiger partial charge in [0.15, 0.2) is 0 Å². The Morgan fingerprint density at radius 3 is 2.80 bits per heavy atom. The Hall–Kier alpha value is -1.20. The number of rotatable bonds is 4. The van der Waals surface area contributed by atoms with Crippen LogP contribution in [0.1, 0.15) is 31.9 Å². The van der Waals surface area contributed by atoms with Gasteiger partial charge in [0.05, 0.1) is 17.2 Å². The summed E-state index contributed by atoms with van der Waals surface area (Å²) < 4.78 is 15.8. The van der Waals surface area contributed by atoms with Gasteiger partial charge in [0, 0.05) is 23.8 Å². The zero-order valence-corrected chi connectivity index (χ0v) is 13.5. The molecule has 0 spiro atoms. The van der Waals surface area contributed by atoms with E-state index in [-0.39, 0.29) is 11.4 Å². The van der Waals surface area contributed by atoms with E-state index in [0.29, 0.717) is 11.0 Å². The molecular formula is C15H19BrFN3. The molecule has 0 fully saturated rings. The second-order valence-electron chi connectivity index (χ2n) is 5.86. The van der Waals surface area contributed by atoms with E-state index in [2.05, 4.69) is 47.1 Å². The molecule has 0 aliphatic rings. The molecule has 0 aliphatic carbocycles. The zero-order chi connectivity index (χ0) is 14.8. The van der Waals surface area contributed by atoms with Crippen LogP contribution in [0, 0.1) is 5.82 Å². The third-order valence-electron chi connectivity index (χ3n) is 2.87. The zero-order valence-electron chi connectivity index (χ0n) is 12.0. The second kappa shape index (κ2) is 6.06. The predicted molar refractivity (Wildman–Crippen MR) is 82.0 cm³/mol. The molecule has 20 heavy (non-hydrogen) atoms. The molecule has 0 aliphatic heterocycles. The highest BCUT2D eigenvalue weighted by Gasteiger charge is 2.10. The second-order valence-corrected chi connectivity index (χ2v) is 6.66. The van der Waals surface area contributed by atoms with E-state index < -0.39 is 0 Å². The molecule has 108 valence electrons. The normalized spacial score (nSPS) is 11.8. The van der Waals surface area contributed by atoms with Crippen molar-refractivity contribution in [1.29, 1.82) is 0 Å². The van der Waals surface area contributed by atoms with Crippen LogP contribution in [-0.4, -0.2) is 15.3 Å². The van der Waals surface area contributed by atoms with Crippen LogP contribution in [0.2, 0.25) is 0 Å². The van der Waals surface area contributed by atoms with Crippen molar-refractivity contribution >= 4 is 15.9 Å². The Bertz CT molecular complexity index is 587. The van der Waals surface area contributed by atoms with Crippen molar-refractivity contribution in [1.82, 2.24) is 15.1 Å². The predicted octanol–water partition coefficient (Wildman–Crippen LogP) is 3.72. The van der Waals surface area contributed by atoms with Gasteiger partial charge in [0.25, 0.3) is 0 Å². The molecule has 0 atom stereocenters. The number of aromatic nitrogens is 2. The number of hydrogen-bond donors (Lipinski definition) is 1. The summed E-state index contributed by atoms with van der Waals surface area (Å²) in [7, 11) is 0. The number of halogens is 2. The van der Waals surface area contributed by atoms with Gasteiger partial charge in [-0.3, -0.25) is 4.68 Å². The van der Waals surface area contributed by atoms with Gasteiger partial charge in [-0.15, -0.1) is 0 Å². The van der Waals surface area contributed by atoms with E-state index >= 15 is 0 Å². The average molecular weight is 340 g/mol. The van der Waals surface area contributed by atoms with Crippen molar-refractivity contribution in [3.05, 3.63) is 52.0 Å². The van der Waals surface area contributed by atoms with E-state index in [1.807, 2.05) is 23.1 Å². The van der Waals surface area contributed by atoms with E-state index in [1.165, 1.54) is 6.07 Å². The molecule has 3 nitrogen and oxygen atoms in total. The standard InChI is InChI=1S/C15H19BrFN3/c1-15(2,3)18-7-11-8-19-20(9-11)10-12-5-4-6-13(17)14(12)16/h4-6,8-9,18H,7,10H2,1-3H3. The molecule has 5 heteroatoms. The molecule has 2 rings (SSSR count). The van der Waals surface area contributed by atoms with E-state index in [1.54, 1.807) is 6.07 Å². The maximum Gasteiger partial charge on any atom is 0.137 e. The van der Waals surface area contributed by atoms with Crippen molar-refractivity contribution < 1.29 is 4.39 Å². The Balaban J connectivity index is 2.04. The minimum absolute atomic E-state index is 0.0771. The molecule has 0 bridgehead atoms. The van der Waals surface area contributed by atoms with E-state index in [4.69, 9.17) is 0 Å². The Labute approximate surface area is 127 Å². The SMILES string of the molecule is CC(C)(C)NCc1cnn(Cc2cccc(F)c2Br)c1. The molecule has 0 amide bonds. The van der Waals surface area contributed by atoms with Crippen LogP contribution in [0.4, 0.5) is 4.39 Å². The monoisotopic (exact) mass is 339 g/mol. The summed E-state index contributed by atoms with van der Waals surface area (Å²) >= 11 is 3.27. The molecule has 1 heterocycles. The lowest BCUT2D eigenvalue weighted by molar-refractivity contribution is 0.424. The molecule has 0 unspecified atom stereocenters. The Morgan fingerprint density at radius 1 is 1.35 bits per heavy atom. The largest absolute Gasteiger partial charge is 0.308 e. The topological polar surface area (TPSA) is 29.9 Å². The first kappa shape index (κ1) is 15.2. The first-order valence-electron chi connectivity index (χ1n) is 6.54. The van der Waals surface area contributed by atoms with Crippen LogP contribution in [0.3, 0.4) is 0 Å². The lowest BCUT2D eigenvalue weighted by atomic mass is 10.1. The van der Waals surface area contributed by atoms with Crippen molar-refractivity contribution in [2.75, 3.05) is 0 Å². The van der Waals surface area contributed by atoms with Crippen LogP contribution in [-0.2, 0) is 13.1 Å². The van der Waals surface area contributed by atoms with Crippen LogP contribution < -0.4 is 5.32 Å². The maximum absolute atomic E-state index is 13.5. The fourth-order valence-corrected chi connectivity index (χ4v) is 2.19. The van der Waals surface area contributed by atoms with Crippen molar-refractivity contribution in [2.45, 2.75) is 39.4 Å². The minimum atomic E-state index is -0.246. The molecule has 0 saturated carbocycles. The van der Waals surface area contributed by atoms with Gasteiger partial charge < -0.3 is 5.32 Å². The fraction of sp³-hybridized carbons (Fsp3) is 0.400. The van der Waals surface area contributed by atoms with Gasteiger partial charge in [0.2, 0.25) is 0 Å². The minimum Gasteiger partial charge on any atom is -0.308 e. The molecule has 0 radical (unpaired) electrons. The number of nitrogens with zero attached hydrogens (tertiary/aromatic N) is 2. The van der Waals surface area contributed by atoms with Crippen LogP contribution >= 0.6 is 15.9 Å². The van der Waals surface area contributed by atoms with Gasteiger partial charge in [-0.05, 0) is 48.3 Å².